The second kappa shape index (κ2) is 9.93. The molecule has 0 atom stereocenters. The summed E-state index contributed by atoms with van der Waals surface area (Å²) in [7, 11) is 1.55. The molecular formula is C16H20N4O2. The minimum Gasteiger partial charge on any atom is -0.481 e. The highest BCUT2D eigenvalue weighted by Crippen LogP contribution is 2.15. The number of benzene rings is 1. The summed E-state index contributed by atoms with van der Waals surface area (Å²) in [4.78, 5) is 11.8. The Kier molecular flexibility index (Phi) is 7.74. The Bertz CT molecular complexity index is 628. The first-order valence-corrected chi connectivity index (χ1v) is 6.86. The van der Waals surface area contributed by atoms with Crippen molar-refractivity contribution >= 4 is 5.69 Å². The van der Waals surface area contributed by atoms with E-state index >= 15 is 0 Å². The lowest BCUT2D eigenvalue weighted by Crippen LogP contribution is -1.91. The number of nitrogens with zero attached hydrogens (tertiary/aromatic N) is 3. The first-order chi connectivity index (χ1) is 10.8. The van der Waals surface area contributed by atoms with Crippen LogP contribution >= 0.6 is 0 Å². The third-order valence-corrected chi connectivity index (χ3v) is 2.29. The summed E-state index contributed by atoms with van der Waals surface area (Å²) >= 11 is 0. The molecule has 22 heavy (non-hydrogen) atoms. The van der Waals surface area contributed by atoms with Gasteiger partial charge in [0.2, 0.25) is 11.7 Å². The lowest BCUT2D eigenvalue weighted by molar-refractivity contribution is 0.397. The molecule has 0 radical (unpaired) electrons. The molecule has 116 valence electrons. The van der Waals surface area contributed by atoms with Crippen molar-refractivity contribution in [3.63, 3.8) is 0 Å². The van der Waals surface area contributed by atoms with Crippen molar-refractivity contribution in [1.82, 2.24) is 15.0 Å². The topological polar surface area (TPSA) is 87.1 Å². The van der Waals surface area contributed by atoms with E-state index in [9.17, 15) is 0 Å². The van der Waals surface area contributed by atoms with Crippen LogP contribution < -0.4 is 10.5 Å². The Morgan fingerprint density at radius 2 is 1.82 bits per heavy atom. The number of aromatic nitrogens is 3. The summed E-state index contributed by atoms with van der Waals surface area (Å²) in [6, 6.07) is 11.2. The van der Waals surface area contributed by atoms with Gasteiger partial charge in [0.1, 0.15) is 0 Å². The highest BCUT2D eigenvalue weighted by molar-refractivity contribution is 5.44. The van der Waals surface area contributed by atoms with Gasteiger partial charge in [-0.3, -0.25) is 0 Å². The van der Waals surface area contributed by atoms with Crippen LogP contribution in [-0.2, 0) is 0 Å². The highest BCUT2D eigenvalue weighted by Gasteiger charge is 2.05. The summed E-state index contributed by atoms with van der Waals surface area (Å²) in [5, 5.41) is 0. The maximum absolute atomic E-state index is 5.36. The van der Waals surface area contributed by atoms with Crippen molar-refractivity contribution in [2.24, 2.45) is 0 Å². The van der Waals surface area contributed by atoms with E-state index in [4.69, 9.17) is 14.9 Å². The fourth-order valence-corrected chi connectivity index (χ4v) is 1.35. The molecule has 0 aliphatic heterocycles. The maximum Gasteiger partial charge on any atom is 0.216 e. The van der Waals surface area contributed by atoms with Crippen LogP contribution in [0.4, 0.5) is 5.69 Å². The van der Waals surface area contributed by atoms with Crippen LogP contribution in [0.15, 0.2) is 59.6 Å². The van der Waals surface area contributed by atoms with Gasteiger partial charge in [0, 0.05) is 18.0 Å². The van der Waals surface area contributed by atoms with Gasteiger partial charge in [-0.2, -0.15) is 4.98 Å². The standard InChI is InChI=1S/C8H7N3O2.C6H7N.C2H6/c1-12-7-2-3-10-8(11-7)6-4-9-5-13-6;7-6-4-2-1-3-5-6;1-2/h2-5H,1H3;1-5H,7H2;1-2H3. The van der Waals surface area contributed by atoms with E-state index in [0.717, 1.165) is 5.69 Å². The molecular weight excluding hydrogens is 280 g/mol. The molecule has 1 aromatic carbocycles. The number of oxazole rings is 1. The maximum atomic E-state index is 5.36. The predicted molar refractivity (Wildman–Crippen MR) is 86.3 cm³/mol. The van der Waals surface area contributed by atoms with E-state index in [-0.39, 0.29) is 0 Å². The van der Waals surface area contributed by atoms with Crippen LogP contribution in [-0.4, -0.2) is 22.1 Å². The number of nitrogen functional groups attached to an aromatic ring is 1. The third-order valence-electron chi connectivity index (χ3n) is 2.29. The van der Waals surface area contributed by atoms with E-state index in [0.29, 0.717) is 17.5 Å². The Labute approximate surface area is 130 Å². The number of hydrogen-bond donors (Lipinski definition) is 1. The van der Waals surface area contributed by atoms with Crippen LogP contribution in [0.1, 0.15) is 13.8 Å². The van der Waals surface area contributed by atoms with E-state index in [1.165, 1.54) is 6.39 Å². The van der Waals surface area contributed by atoms with Crippen molar-refractivity contribution in [2.45, 2.75) is 13.8 Å². The summed E-state index contributed by atoms with van der Waals surface area (Å²) in [5.41, 5.74) is 6.18. The van der Waals surface area contributed by atoms with Gasteiger partial charge in [0.05, 0.1) is 13.3 Å². The van der Waals surface area contributed by atoms with E-state index < -0.39 is 0 Å². The van der Waals surface area contributed by atoms with Gasteiger partial charge in [-0.25, -0.2) is 9.97 Å². The zero-order valence-corrected chi connectivity index (χ0v) is 12.9. The van der Waals surface area contributed by atoms with Crippen molar-refractivity contribution in [2.75, 3.05) is 12.8 Å². The van der Waals surface area contributed by atoms with E-state index in [1.54, 1.807) is 25.6 Å². The first-order valence-electron chi connectivity index (χ1n) is 6.86. The average Bonchev–Trinajstić information content (AvgIpc) is 3.13. The lowest BCUT2D eigenvalue weighted by atomic mass is 10.3. The second-order valence-corrected chi connectivity index (χ2v) is 3.70. The second-order valence-electron chi connectivity index (χ2n) is 3.70. The van der Waals surface area contributed by atoms with Gasteiger partial charge in [0.25, 0.3) is 0 Å². The third kappa shape index (κ3) is 5.62. The minimum atomic E-state index is 0.469. The Hall–Kier alpha value is -2.89. The van der Waals surface area contributed by atoms with E-state index in [2.05, 4.69) is 15.0 Å². The van der Waals surface area contributed by atoms with Crippen LogP contribution in [0.5, 0.6) is 5.88 Å². The van der Waals surface area contributed by atoms with Gasteiger partial charge in [-0.15, -0.1) is 0 Å². The van der Waals surface area contributed by atoms with Crippen molar-refractivity contribution in [1.29, 1.82) is 0 Å². The predicted octanol–water partition coefficient (Wildman–Crippen LogP) is 3.44. The Morgan fingerprint density at radius 1 is 1.09 bits per heavy atom. The highest BCUT2D eigenvalue weighted by atomic mass is 16.5. The minimum absolute atomic E-state index is 0.469. The van der Waals surface area contributed by atoms with Gasteiger partial charge < -0.3 is 14.9 Å². The fourth-order valence-electron chi connectivity index (χ4n) is 1.35. The number of nitrogens with two attached hydrogens (primary N) is 1. The number of rotatable bonds is 2. The molecule has 6 nitrogen and oxygen atoms in total. The largest absolute Gasteiger partial charge is 0.481 e. The SMILES string of the molecule is CC.COc1ccnc(-c2cnco2)n1.Nc1ccccc1. The van der Waals surface area contributed by atoms with Gasteiger partial charge in [-0.05, 0) is 12.1 Å². The monoisotopic (exact) mass is 300 g/mol. The average molecular weight is 300 g/mol. The molecule has 6 heteroatoms. The van der Waals surface area contributed by atoms with Gasteiger partial charge in [-0.1, -0.05) is 32.0 Å². The molecule has 0 aliphatic carbocycles. The summed E-state index contributed by atoms with van der Waals surface area (Å²) in [6.45, 7) is 4.00. The molecule has 0 aliphatic rings. The van der Waals surface area contributed by atoms with E-state index in [1.807, 2.05) is 44.2 Å². The van der Waals surface area contributed by atoms with Gasteiger partial charge in [0.15, 0.2) is 12.2 Å². The van der Waals surface area contributed by atoms with Crippen LogP contribution in [0.25, 0.3) is 11.6 Å². The molecule has 2 heterocycles. The zero-order valence-electron chi connectivity index (χ0n) is 12.9. The Balaban J connectivity index is 0.000000228. The molecule has 2 aromatic heterocycles. The molecule has 0 saturated carbocycles. The van der Waals surface area contributed by atoms with Crippen molar-refractivity contribution in [3.05, 3.63) is 55.2 Å². The van der Waals surface area contributed by atoms with Gasteiger partial charge >= 0.3 is 0 Å². The Morgan fingerprint density at radius 3 is 2.32 bits per heavy atom. The molecule has 3 aromatic rings. The summed E-state index contributed by atoms with van der Waals surface area (Å²) in [5.74, 6) is 1.50. The number of para-hydroxylation sites is 1. The smallest absolute Gasteiger partial charge is 0.216 e. The molecule has 0 unspecified atom stereocenters. The molecule has 0 fully saturated rings. The van der Waals surface area contributed by atoms with Crippen LogP contribution in [0.2, 0.25) is 0 Å². The summed E-state index contributed by atoms with van der Waals surface area (Å²) in [6.07, 6.45) is 4.48. The quantitative estimate of drug-likeness (QED) is 0.729. The first kappa shape index (κ1) is 17.2. The molecule has 0 amide bonds. The zero-order chi connectivity index (χ0) is 16.2. The molecule has 0 saturated heterocycles. The number of ether oxygens (including phenoxy) is 1. The van der Waals surface area contributed by atoms with Crippen molar-refractivity contribution in [3.8, 4) is 17.5 Å². The number of hydrogen-bond acceptors (Lipinski definition) is 6. The normalized spacial score (nSPS) is 8.86. The summed E-state index contributed by atoms with van der Waals surface area (Å²) < 4.78 is 9.97. The molecule has 0 spiro atoms. The molecule has 0 bridgehead atoms. The van der Waals surface area contributed by atoms with Crippen LogP contribution in [0.3, 0.4) is 0 Å². The number of methoxy groups -OCH3 is 1. The lowest BCUT2D eigenvalue weighted by Gasteiger charge is -1.98. The fraction of sp³-hybridized carbons (Fsp3) is 0.188. The van der Waals surface area contributed by atoms with Crippen molar-refractivity contribution < 1.29 is 9.15 Å². The number of anilines is 1. The molecule has 2 N–H and O–H groups in total. The molecule has 3 rings (SSSR count). The van der Waals surface area contributed by atoms with Crippen LogP contribution in [0, 0.1) is 0 Å².